The van der Waals surface area contributed by atoms with Crippen LogP contribution in [0.4, 0.5) is 0 Å². The van der Waals surface area contributed by atoms with E-state index < -0.39 is 0 Å². The first-order chi connectivity index (χ1) is 7.36. The molecule has 0 N–H and O–H groups in total. The van der Waals surface area contributed by atoms with Gasteiger partial charge in [-0.25, -0.2) is 0 Å². The smallest absolute Gasteiger partial charge is 0.174 e. The molecule has 2 aromatic rings. The SMILES string of the molecule is Cc1ccccc1C=C[n+]1ccccc1. The zero-order valence-corrected chi connectivity index (χ0v) is 8.80. The average Bonchev–Trinajstić information content (AvgIpc) is 2.29. The van der Waals surface area contributed by atoms with Gasteiger partial charge in [0.25, 0.3) is 0 Å². The summed E-state index contributed by atoms with van der Waals surface area (Å²) in [6, 6.07) is 14.4. The maximum atomic E-state index is 2.12. The van der Waals surface area contributed by atoms with Crippen LogP contribution in [0.2, 0.25) is 0 Å². The third-order valence-corrected chi connectivity index (χ3v) is 2.35. The zero-order valence-electron chi connectivity index (χ0n) is 8.80. The van der Waals surface area contributed by atoms with Crippen molar-refractivity contribution < 1.29 is 4.57 Å². The molecule has 0 fully saturated rings. The standard InChI is InChI=1S/C14H14N/c1-13-7-3-4-8-14(13)9-12-15-10-5-2-6-11-15/h2-12H,1H3/q+1. The molecule has 74 valence electrons. The second kappa shape index (κ2) is 4.56. The molecule has 15 heavy (non-hydrogen) atoms. The van der Waals surface area contributed by atoms with Crippen LogP contribution in [0, 0.1) is 6.92 Å². The molecule has 2 rings (SSSR count). The molecule has 0 aliphatic carbocycles. The number of aromatic nitrogens is 1. The Balaban J connectivity index is 2.23. The summed E-state index contributed by atoms with van der Waals surface area (Å²) in [6.45, 7) is 2.12. The number of aryl methyl sites for hydroxylation is 1. The van der Waals surface area contributed by atoms with Crippen LogP contribution in [0.15, 0.2) is 54.9 Å². The van der Waals surface area contributed by atoms with E-state index in [1.807, 2.05) is 35.2 Å². The van der Waals surface area contributed by atoms with Crippen LogP contribution in [-0.4, -0.2) is 0 Å². The molecule has 0 amide bonds. The van der Waals surface area contributed by atoms with Gasteiger partial charge < -0.3 is 0 Å². The molecule has 0 saturated heterocycles. The lowest BCUT2D eigenvalue weighted by Gasteiger charge is -1.96. The molecular weight excluding hydrogens is 182 g/mol. The van der Waals surface area contributed by atoms with E-state index in [-0.39, 0.29) is 0 Å². The quantitative estimate of drug-likeness (QED) is 0.650. The number of rotatable bonds is 2. The van der Waals surface area contributed by atoms with E-state index in [1.165, 1.54) is 11.1 Å². The van der Waals surface area contributed by atoms with Crippen LogP contribution in [0.1, 0.15) is 11.1 Å². The van der Waals surface area contributed by atoms with E-state index >= 15 is 0 Å². The fraction of sp³-hybridized carbons (Fsp3) is 0.0714. The van der Waals surface area contributed by atoms with Crippen molar-refractivity contribution in [3.8, 4) is 0 Å². The first-order valence-corrected chi connectivity index (χ1v) is 5.06. The Hall–Kier alpha value is -1.89. The monoisotopic (exact) mass is 196 g/mol. The lowest BCUT2D eigenvalue weighted by Crippen LogP contribution is -2.23. The Morgan fingerprint density at radius 3 is 2.40 bits per heavy atom. The second-order valence-electron chi connectivity index (χ2n) is 3.50. The third-order valence-electron chi connectivity index (χ3n) is 2.35. The fourth-order valence-corrected chi connectivity index (χ4v) is 1.45. The van der Waals surface area contributed by atoms with Crippen LogP contribution in [0.3, 0.4) is 0 Å². The van der Waals surface area contributed by atoms with Gasteiger partial charge in [0, 0.05) is 18.2 Å². The number of hydrogen-bond donors (Lipinski definition) is 0. The lowest BCUT2D eigenvalue weighted by molar-refractivity contribution is -0.567. The summed E-state index contributed by atoms with van der Waals surface area (Å²) in [5, 5.41) is 0. The Bertz CT molecular complexity index is 458. The summed E-state index contributed by atoms with van der Waals surface area (Å²) in [5.74, 6) is 0. The summed E-state index contributed by atoms with van der Waals surface area (Å²) >= 11 is 0. The van der Waals surface area contributed by atoms with Crippen molar-refractivity contribution in [3.05, 3.63) is 66.0 Å². The van der Waals surface area contributed by atoms with E-state index in [2.05, 4.69) is 43.5 Å². The average molecular weight is 196 g/mol. The summed E-state index contributed by atoms with van der Waals surface area (Å²) in [7, 11) is 0. The van der Waals surface area contributed by atoms with E-state index in [0.717, 1.165) is 0 Å². The van der Waals surface area contributed by atoms with Crippen molar-refractivity contribution >= 4 is 12.3 Å². The molecule has 0 bridgehead atoms. The van der Waals surface area contributed by atoms with Crippen molar-refractivity contribution in [3.63, 3.8) is 0 Å². The van der Waals surface area contributed by atoms with E-state index in [1.54, 1.807) is 0 Å². The highest BCUT2D eigenvalue weighted by Gasteiger charge is 1.94. The number of hydrogen-bond acceptors (Lipinski definition) is 0. The molecule has 1 heterocycles. The molecule has 1 aromatic heterocycles. The van der Waals surface area contributed by atoms with Crippen LogP contribution in [-0.2, 0) is 0 Å². The van der Waals surface area contributed by atoms with Crippen molar-refractivity contribution in [2.45, 2.75) is 6.92 Å². The maximum absolute atomic E-state index is 2.12. The van der Waals surface area contributed by atoms with Gasteiger partial charge in [-0.1, -0.05) is 30.3 Å². The number of benzene rings is 1. The molecule has 0 spiro atoms. The fourth-order valence-electron chi connectivity index (χ4n) is 1.45. The van der Waals surface area contributed by atoms with Gasteiger partial charge in [0.05, 0.1) is 0 Å². The Morgan fingerprint density at radius 1 is 0.933 bits per heavy atom. The predicted molar refractivity (Wildman–Crippen MR) is 63.0 cm³/mol. The second-order valence-corrected chi connectivity index (χ2v) is 3.50. The van der Waals surface area contributed by atoms with Crippen LogP contribution in [0.25, 0.3) is 12.3 Å². The third kappa shape index (κ3) is 2.53. The highest BCUT2D eigenvalue weighted by atomic mass is 14.9. The minimum atomic E-state index is 1.26. The van der Waals surface area contributed by atoms with Gasteiger partial charge in [0.1, 0.15) is 0 Å². The normalized spacial score (nSPS) is 10.7. The topological polar surface area (TPSA) is 3.88 Å². The molecule has 1 heteroatoms. The van der Waals surface area contributed by atoms with Gasteiger partial charge >= 0.3 is 0 Å². The Labute approximate surface area is 90.3 Å². The summed E-state index contributed by atoms with van der Waals surface area (Å²) in [6.07, 6.45) is 8.22. The Morgan fingerprint density at radius 2 is 1.67 bits per heavy atom. The highest BCUT2D eigenvalue weighted by molar-refractivity contribution is 5.59. The summed E-state index contributed by atoms with van der Waals surface area (Å²) in [4.78, 5) is 0. The van der Waals surface area contributed by atoms with Gasteiger partial charge in [-0.15, -0.1) is 0 Å². The van der Waals surface area contributed by atoms with Crippen molar-refractivity contribution in [1.29, 1.82) is 0 Å². The first-order valence-electron chi connectivity index (χ1n) is 5.06. The molecule has 1 aromatic carbocycles. The van der Waals surface area contributed by atoms with Gasteiger partial charge in [-0.3, -0.25) is 0 Å². The molecule has 0 aliphatic rings. The van der Waals surface area contributed by atoms with E-state index in [4.69, 9.17) is 0 Å². The molecule has 0 saturated carbocycles. The molecule has 1 nitrogen and oxygen atoms in total. The van der Waals surface area contributed by atoms with Crippen LogP contribution >= 0.6 is 0 Å². The molecule has 0 atom stereocenters. The molecule has 0 aliphatic heterocycles. The molecule has 0 unspecified atom stereocenters. The lowest BCUT2D eigenvalue weighted by atomic mass is 10.1. The van der Waals surface area contributed by atoms with E-state index in [0.29, 0.717) is 0 Å². The number of nitrogens with zero attached hydrogens (tertiary/aromatic N) is 1. The maximum Gasteiger partial charge on any atom is 0.175 e. The zero-order chi connectivity index (χ0) is 10.5. The summed E-state index contributed by atoms with van der Waals surface area (Å²) in [5.41, 5.74) is 2.55. The molecule has 0 radical (unpaired) electrons. The van der Waals surface area contributed by atoms with Gasteiger partial charge in [-0.2, -0.15) is 4.57 Å². The van der Waals surface area contributed by atoms with Crippen molar-refractivity contribution in [1.82, 2.24) is 0 Å². The number of pyridine rings is 1. The Kier molecular flexibility index (Phi) is 2.93. The van der Waals surface area contributed by atoms with Crippen LogP contribution in [0.5, 0.6) is 0 Å². The predicted octanol–water partition coefficient (Wildman–Crippen LogP) is 2.91. The minimum Gasteiger partial charge on any atom is -0.174 e. The van der Waals surface area contributed by atoms with Crippen LogP contribution < -0.4 is 4.57 Å². The van der Waals surface area contributed by atoms with Gasteiger partial charge in [-0.05, 0) is 18.1 Å². The largest absolute Gasteiger partial charge is 0.175 e. The first kappa shape index (κ1) is 9.66. The highest BCUT2D eigenvalue weighted by Crippen LogP contribution is 2.08. The van der Waals surface area contributed by atoms with Crippen molar-refractivity contribution in [2.75, 3.05) is 0 Å². The summed E-state index contributed by atoms with van der Waals surface area (Å²) < 4.78 is 2.03. The van der Waals surface area contributed by atoms with Crippen molar-refractivity contribution in [2.24, 2.45) is 0 Å². The van der Waals surface area contributed by atoms with E-state index in [9.17, 15) is 0 Å². The minimum absolute atomic E-state index is 1.26. The van der Waals surface area contributed by atoms with Gasteiger partial charge in [0.2, 0.25) is 0 Å². The molecular formula is C14H14N+. The van der Waals surface area contributed by atoms with Gasteiger partial charge in [0.15, 0.2) is 18.6 Å².